The van der Waals surface area contributed by atoms with Gasteiger partial charge in [-0.2, -0.15) is 5.26 Å². The van der Waals surface area contributed by atoms with Crippen molar-refractivity contribution in [3.05, 3.63) is 71.2 Å². The van der Waals surface area contributed by atoms with Gasteiger partial charge in [0.2, 0.25) is 5.78 Å². The lowest BCUT2D eigenvalue weighted by atomic mass is 10.0. The van der Waals surface area contributed by atoms with Crippen LogP contribution < -0.4 is 4.90 Å². The van der Waals surface area contributed by atoms with Gasteiger partial charge in [0.15, 0.2) is 0 Å². The maximum absolute atomic E-state index is 14.6. The number of para-hydroxylation sites is 1. The van der Waals surface area contributed by atoms with E-state index in [0.717, 1.165) is 16.5 Å². The molecule has 140 valence electrons. The van der Waals surface area contributed by atoms with E-state index < -0.39 is 11.6 Å². The monoisotopic (exact) mass is 375 g/mol. The Balaban J connectivity index is 1.64. The van der Waals surface area contributed by atoms with Crippen molar-refractivity contribution in [3.8, 4) is 6.07 Å². The van der Waals surface area contributed by atoms with Crippen LogP contribution in [0, 0.1) is 17.1 Å². The molecule has 1 saturated heterocycles. The van der Waals surface area contributed by atoms with Crippen LogP contribution in [0.1, 0.15) is 15.9 Å². The number of rotatable bonds is 4. The number of H-pyrrole nitrogens is 1. The maximum Gasteiger partial charge on any atom is 0.203 e. The second-order valence-corrected chi connectivity index (χ2v) is 6.55. The molecule has 0 radical (unpaired) electrons. The van der Waals surface area contributed by atoms with Crippen LogP contribution in [0.2, 0.25) is 0 Å². The molecule has 1 N–H and O–H groups in total. The number of anilines is 1. The molecule has 5 nitrogen and oxygen atoms in total. The number of nitrogens with zero attached hydrogens (tertiary/aromatic N) is 2. The fraction of sp³-hybridized carbons (Fsp3) is 0.182. The van der Waals surface area contributed by atoms with Gasteiger partial charge in [-0.05, 0) is 30.3 Å². The number of benzene rings is 2. The first-order valence-corrected chi connectivity index (χ1v) is 9.02. The van der Waals surface area contributed by atoms with Crippen LogP contribution in [0.3, 0.4) is 0 Å². The molecule has 3 aromatic rings. The number of ether oxygens (including phenoxy) is 1. The molecule has 0 bridgehead atoms. The van der Waals surface area contributed by atoms with Crippen LogP contribution >= 0.6 is 0 Å². The minimum Gasteiger partial charge on any atom is -0.378 e. The number of Topliss-reactive ketones (excluding diaryl/α,β-unsaturated/α-hetero) is 1. The number of hydrogen-bond acceptors (Lipinski definition) is 4. The zero-order valence-corrected chi connectivity index (χ0v) is 15.1. The van der Waals surface area contributed by atoms with E-state index in [0.29, 0.717) is 32.0 Å². The number of nitrogens with one attached hydrogen (secondary N) is 1. The van der Waals surface area contributed by atoms with Gasteiger partial charge in [0, 0.05) is 41.3 Å². The molecule has 0 unspecified atom stereocenters. The zero-order chi connectivity index (χ0) is 19.5. The summed E-state index contributed by atoms with van der Waals surface area (Å²) in [5.74, 6) is -0.975. The molecule has 1 fully saturated rings. The van der Waals surface area contributed by atoms with E-state index in [4.69, 9.17) is 4.74 Å². The van der Waals surface area contributed by atoms with Crippen LogP contribution in [0.5, 0.6) is 0 Å². The number of fused-ring (bicyclic) bond motifs is 1. The lowest BCUT2D eigenvalue weighted by molar-refractivity contribution is 0.103. The third-order valence-electron chi connectivity index (χ3n) is 4.85. The van der Waals surface area contributed by atoms with Gasteiger partial charge < -0.3 is 14.6 Å². The van der Waals surface area contributed by atoms with E-state index in [1.165, 1.54) is 12.1 Å². The number of allylic oxidation sites excluding steroid dienone is 1. The number of nitriles is 1. The SMILES string of the molecule is N#CC(=Cc1c[nH]c2ccccc12)C(=O)c1ccc(N2CCOCC2)c(F)c1. The van der Waals surface area contributed by atoms with Gasteiger partial charge in [-0.15, -0.1) is 0 Å². The number of ketones is 1. The molecule has 1 aliphatic heterocycles. The van der Waals surface area contributed by atoms with Gasteiger partial charge in [-0.1, -0.05) is 18.2 Å². The van der Waals surface area contributed by atoms with Crippen LogP contribution in [-0.4, -0.2) is 37.1 Å². The van der Waals surface area contributed by atoms with Crippen LogP contribution in [-0.2, 0) is 4.74 Å². The quantitative estimate of drug-likeness (QED) is 0.426. The van der Waals surface area contributed by atoms with Crippen LogP contribution in [0.15, 0.2) is 54.2 Å². The van der Waals surface area contributed by atoms with Crippen molar-refractivity contribution < 1.29 is 13.9 Å². The molecular formula is C22H18FN3O2. The van der Waals surface area contributed by atoms with Gasteiger partial charge in [0.1, 0.15) is 17.5 Å². The summed E-state index contributed by atoms with van der Waals surface area (Å²) in [7, 11) is 0. The molecular weight excluding hydrogens is 357 g/mol. The highest BCUT2D eigenvalue weighted by Crippen LogP contribution is 2.25. The minimum absolute atomic E-state index is 0.0386. The van der Waals surface area contributed by atoms with Gasteiger partial charge in [0.05, 0.1) is 18.9 Å². The largest absolute Gasteiger partial charge is 0.378 e. The Kier molecular flexibility index (Phi) is 4.92. The molecule has 2 heterocycles. The van der Waals surface area contributed by atoms with Gasteiger partial charge in [-0.3, -0.25) is 4.79 Å². The highest BCUT2D eigenvalue weighted by Gasteiger charge is 2.19. The number of morpholine rings is 1. The van der Waals surface area contributed by atoms with Crippen molar-refractivity contribution >= 4 is 28.4 Å². The summed E-state index contributed by atoms with van der Waals surface area (Å²) in [6.07, 6.45) is 3.28. The second kappa shape index (κ2) is 7.67. The number of carbonyl (C=O) groups excluding carboxylic acids is 1. The first-order valence-electron chi connectivity index (χ1n) is 9.02. The molecule has 0 atom stereocenters. The third kappa shape index (κ3) is 3.40. The number of aromatic nitrogens is 1. The molecule has 0 spiro atoms. The smallest absolute Gasteiger partial charge is 0.203 e. The van der Waals surface area contributed by atoms with E-state index in [1.807, 2.05) is 35.2 Å². The molecule has 0 aliphatic carbocycles. The van der Waals surface area contributed by atoms with Crippen molar-refractivity contribution in [2.24, 2.45) is 0 Å². The summed E-state index contributed by atoms with van der Waals surface area (Å²) in [5, 5.41) is 10.4. The molecule has 1 aromatic heterocycles. The summed E-state index contributed by atoms with van der Waals surface area (Å²) >= 11 is 0. The summed E-state index contributed by atoms with van der Waals surface area (Å²) in [4.78, 5) is 17.8. The fourth-order valence-corrected chi connectivity index (χ4v) is 3.38. The van der Waals surface area contributed by atoms with Gasteiger partial charge in [-0.25, -0.2) is 4.39 Å². The van der Waals surface area contributed by atoms with E-state index in [-0.39, 0.29) is 11.1 Å². The number of hydrogen-bond donors (Lipinski definition) is 1. The second-order valence-electron chi connectivity index (χ2n) is 6.55. The van der Waals surface area contributed by atoms with Crippen LogP contribution in [0.4, 0.5) is 10.1 Å². The standard InChI is InChI=1S/C22H18FN3O2/c23-19-12-15(5-6-21(19)26-7-9-28-10-8-26)22(27)16(13-24)11-17-14-25-20-4-2-1-3-18(17)20/h1-6,11-12,14,25H,7-10H2. The molecule has 1 aliphatic rings. The minimum atomic E-state index is -0.500. The maximum atomic E-state index is 14.6. The Morgan fingerprint density at radius 2 is 2.00 bits per heavy atom. The number of halogens is 1. The van der Waals surface area contributed by atoms with Gasteiger partial charge >= 0.3 is 0 Å². The van der Waals surface area contributed by atoms with Crippen molar-refractivity contribution in [2.45, 2.75) is 0 Å². The highest BCUT2D eigenvalue weighted by atomic mass is 19.1. The first-order chi connectivity index (χ1) is 13.7. The van der Waals surface area contributed by atoms with E-state index in [1.54, 1.807) is 18.3 Å². The average molecular weight is 375 g/mol. The fourth-order valence-electron chi connectivity index (χ4n) is 3.38. The van der Waals surface area contributed by atoms with Crippen molar-refractivity contribution in [2.75, 3.05) is 31.2 Å². The number of aromatic amines is 1. The molecule has 28 heavy (non-hydrogen) atoms. The lowest BCUT2D eigenvalue weighted by Gasteiger charge is -2.29. The summed E-state index contributed by atoms with van der Waals surface area (Å²) in [6.45, 7) is 2.31. The average Bonchev–Trinajstić information content (AvgIpc) is 3.15. The normalized spacial score (nSPS) is 14.9. The Morgan fingerprint density at radius 3 is 2.75 bits per heavy atom. The summed E-state index contributed by atoms with van der Waals surface area (Å²) in [6, 6.07) is 13.9. The third-order valence-corrected chi connectivity index (χ3v) is 4.85. The predicted octanol–water partition coefficient (Wildman–Crippen LogP) is 3.93. The Bertz CT molecular complexity index is 1100. The highest BCUT2D eigenvalue weighted by molar-refractivity contribution is 6.14. The van der Waals surface area contributed by atoms with Crippen LogP contribution in [0.25, 0.3) is 17.0 Å². The van der Waals surface area contributed by atoms with E-state index in [2.05, 4.69) is 4.98 Å². The van der Waals surface area contributed by atoms with E-state index in [9.17, 15) is 14.4 Å². The number of carbonyl (C=O) groups is 1. The summed E-state index contributed by atoms with van der Waals surface area (Å²) in [5.41, 5.74) is 2.22. The van der Waals surface area contributed by atoms with Gasteiger partial charge in [0.25, 0.3) is 0 Å². The Labute approximate surface area is 161 Å². The van der Waals surface area contributed by atoms with Crippen molar-refractivity contribution in [3.63, 3.8) is 0 Å². The molecule has 0 amide bonds. The molecule has 0 saturated carbocycles. The van der Waals surface area contributed by atoms with Crippen molar-refractivity contribution in [1.29, 1.82) is 5.26 Å². The Morgan fingerprint density at radius 1 is 1.21 bits per heavy atom. The summed E-state index contributed by atoms with van der Waals surface area (Å²) < 4.78 is 19.9. The zero-order valence-electron chi connectivity index (χ0n) is 15.1. The van der Waals surface area contributed by atoms with E-state index >= 15 is 0 Å². The molecule has 6 heteroatoms. The first kappa shape index (κ1) is 18.0. The lowest BCUT2D eigenvalue weighted by Crippen LogP contribution is -2.36. The Hall–Kier alpha value is -3.43. The topological polar surface area (TPSA) is 69.1 Å². The van der Waals surface area contributed by atoms with Crippen molar-refractivity contribution in [1.82, 2.24) is 4.98 Å². The molecule has 2 aromatic carbocycles. The molecule has 4 rings (SSSR count). The predicted molar refractivity (Wildman–Crippen MR) is 106 cm³/mol.